The Morgan fingerprint density at radius 1 is 1.05 bits per heavy atom. The molecule has 40 heavy (non-hydrogen) atoms. The predicted octanol–water partition coefficient (Wildman–Crippen LogP) is 4.53. The van der Waals surface area contributed by atoms with E-state index in [-0.39, 0.29) is 36.9 Å². The second-order valence-electron chi connectivity index (χ2n) is 9.62. The highest BCUT2D eigenvalue weighted by Crippen LogP contribution is 2.26. The Hall–Kier alpha value is -4.15. The van der Waals surface area contributed by atoms with E-state index in [1.807, 2.05) is 48.0 Å². The monoisotopic (exact) mass is 618 g/mol. The fourth-order valence-electron chi connectivity index (χ4n) is 5.04. The molecule has 2 amide bonds. The Bertz CT molecular complexity index is 1840. The van der Waals surface area contributed by atoms with Gasteiger partial charge in [-0.3, -0.25) is 18.7 Å². The van der Waals surface area contributed by atoms with Crippen LogP contribution >= 0.6 is 27.5 Å². The number of carbonyl (C=O) groups excluding carboxylic acids is 2. The standard InChI is InChI=1S/C29H24BrClN6O3/c1-34-17-33-23-14-20(8-10-24(23)34)37-26(27(38)32-15-18-5-3-2-4-6-18)25-16-35(11-12-36(25)29(37)40)28(39)19-7-9-21(30)22(31)13-19/h2-10,13-14,17H,11-12,15-16H2,1H3,(H,32,38). The van der Waals surface area contributed by atoms with E-state index in [9.17, 15) is 14.4 Å². The summed E-state index contributed by atoms with van der Waals surface area (Å²) in [5.41, 5.74) is 3.82. The van der Waals surface area contributed by atoms with Crippen molar-refractivity contribution in [2.45, 2.75) is 19.6 Å². The number of aryl methyl sites for hydroxylation is 1. The Morgan fingerprint density at radius 3 is 2.62 bits per heavy atom. The normalized spacial score (nSPS) is 12.9. The molecule has 3 heterocycles. The van der Waals surface area contributed by atoms with E-state index in [4.69, 9.17) is 11.6 Å². The number of rotatable bonds is 5. The van der Waals surface area contributed by atoms with Gasteiger partial charge in [-0.25, -0.2) is 9.78 Å². The number of hydrogen-bond donors (Lipinski definition) is 1. The van der Waals surface area contributed by atoms with Crippen LogP contribution in [0, 0.1) is 0 Å². The maximum atomic E-state index is 13.8. The number of amides is 2. The molecule has 0 saturated carbocycles. The lowest BCUT2D eigenvalue weighted by Crippen LogP contribution is -2.41. The van der Waals surface area contributed by atoms with E-state index in [0.717, 1.165) is 11.1 Å². The van der Waals surface area contributed by atoms with Crippen molar-refractivity contribution in [3.63, 3.8) is 0 Å². The number of aromatic nitrogens is 4. The molecule has 0 saturated heterocycles. The van der Waals surface area contributed by atoms with Crippen molar-refractivity contribution in [2.24, 2.45) is 7.05 Å². The lowest BCUT2D eigenvalue weighted by molar-refractivity contribution is 0.0706. The molecule has 0 bridgehead atoms. The van der Waals surface area contributed by atoms with Gasteiger partial charge in [-0.15, -0.1) is 0 Å². The molecule has 1 aliphatic heterocycles. The highest BCUT2D eigenvalue weighted by molar-refractivity contribution is 9.10. The summed E-state index contributed by atoms with van der Waals surface area (Å²) < 4.78 is 5.59. The van der Waals surface area contributed by atoms with Crippen LogP contribution in [0.2, 0.25) is 5.02 Å². The van der Waals surface area contributed by atoms with Gasteiger partial charge in [-0.1, -0.05) is 41.9 Å². The van der Waals surface area contributed by atoms with Gasteiger partial charge in [0.25, 0.3) is 11.8 Å². The van der Waals surface area contributed by atoms with E-state index in [1.54, 1.807) is 46.1 Å². The number of fused-ring (bicyclic) bond motifs is 2. The van der Waals surface area contributed by atoms with E-state index >= 15 is 0 Å². The summed E-state index contributed by atoms with van der Waals surface area (Å²) in [5, 5.41) is 3.39. The zero-order valence-electron chi connectivity index (χ0n) is 21.5. The third kappa shape index (κ3) is 4.63. The summed E-state index contributed by atoms with van der Waals surface area (Å²) in [6.45, 7) is 0.947. The molecule has 11 heteroatoms. The average Bonchev–Trinajstić information content (AvgIpc) is 3.49. The number of hydrogen-bond acceptors (Lipinski definition) is 4. The Morgan fingerprint density at radius 2 is 1.85 bits per heavy atom. The van der Waals surface area contributed by atoms with E-state index in [0.29, 0.717) is 38.5 Å². The maximum Gasteiger partial charge on any atom is 0.333 e. The molecular weight excluding hydrogens is 596 g/mol. The third-order valence-electron chi connectivity index (χ3n) is 7.11. The van der Waals surface area contributed by atoms with Crippen LogP contribution in [0.25, 0.3) is 16.7 Å². The molecule has 0 spiro atoms. The lowest BCUT2D eigenvalue weighted by Gasteiger charge is -2.28. The number of benzene rings is 3. The molecule has 0 unspecified atom stereocenters. The number of nitrogens with zero attached hydrogens (tertiary/aromatic N) is 5. The van der Waals surface area contributed by atoms with Crippen LogP contribution in [-0.4, -0.2) is 41.9 Å². The van der Waals surface area contributed by atoms with Gasteiger partial charge in [0.2, 0.25) is 0 Å². The summed E-state index contributed by atoms with van der Waals surface area (Å²) >= 11 is 9.59. The highest BCUT2D eigenvalue weighted by Gasteiger charge is 2.32. The number of imidazole rings is 2. The summed E-state index contributed by atoms with van der Waals surface area (Å²) in [7, 11) is 1.89. The molecule has 0 atom stereocenters. The molecule has 3 aromatic carbocycles. The van der Waals surface area contributed by atoms with Crippen LogP contribution in [0.1, 0.15) is 32.1 Å². The SMILES string of the molecule is Cn1cnc2cc(-n3c(C(=O)NCc4ccccc4)c4n(c3=O)CCN(C(=O)c3ccc(Br)c(Cl)c3)C4)ccc21. The molecule has 2 aromatic heterocycles. The van der Waals surface area contributed by atoms with Gasteiger partial charge in [0.15, 0.2) is 0 Å². The first-order valence-corrected chi connectivity index (χ1v) is 13.8. The van der Waals surface area contributed by atoms with Crippen molar-refractivity contribution >= 4 is 50.4 Å². The van der Waals surface area contributed by atoms with Crippen molar-refractivity contribution in [1.29, 1.82) is 0 Å². The van der Waals surface area contributed by atoms with Crippen LogP contribution < -0.4 is 11.0 Å². The van der Waals surface area contributed by atoms with Crippen molar-refractivity contribution in [2.75, 3.05) is 6.54 Å². The minimum Gasteiger partial charge on any atom is -0.347 e. The average molecular weight is 620 g/mol. The molecule has 0 radical (unpaired) electrons. The molecule has 5 aromatic rings. The Kier molecular flexibility index (Phi) is 6.81. The molecule has 1 aliphatic rings. The van der Waals surface area contributed by atoms with Gasteiger partial charge in [0.05, 0.1) is 40.3 Å². The predicted molar refractivity (Wildman–Crippen MR) is 156 cm³/mol. The molecule has 1 N–H and O–H groups in total. The molecule has 6 rings (SSSR count). The van der Waals surface area contributed by atoms with Gasteiger partial charge in [0, 0.05) is 36.7 Å². The molecule has 0 aliphatic carbocycles. The summed E-state index contributed by atoms with van der Waals surface area (Å²) in [6.07, 6.45) is 1.70. The van der Waals surface area contributed by atoms with Gasteiger partial charge < -0.3 is 14.8 Å². The third-order valence-corrected chi connectivity index (χ3v) is 8.34. The van der Waals surface area contributed by atoms with E-state index < -0.39 is 5.91 Å². The van der Waals surface area contributed by atoms with Gasteiger partial charge in [-0.05, 0) is 57.9 Å². The molecule has 202 valence electrons. The topological polar surface area (TPSA) is 94.2 Å². The van der Waals surface area contributed by atoms with Gasteiger partial charge >= 0.3 is 5.69 Å². The first kappa shape index (κ1) is 26.1. The fourth-order valence-corrected chi connectivity index (χ4v) is 5.47. The van der Waals surface area contributed by atoms with E-state index in [2.05, 4.69) is 26.2 Å². The molecule has 9 nitrogen and oxygen atoms in total. The second-order valence-corrected chi connectivity index (χ2v) is 10.9. The lowest BCUT2D eigenvalue weighted by atomic mass is 10.1. The minimum absolute atomic E-state index is 0.0919. The van der Waals surface area contributed by atoms with Gasteiger partial charge in [0.1, 0.15) is 5.69 Å². The molecular formula is C29H24BrClN6O3. The van der Waals surface area contributed by atoms with Crippen molar-refractivity contribution < 1.29 is 9.59 Å². The number of halogens is 2. The van der Waals surface area contributed by atoms with Crippen molar-refractivity contribution in [1.82, 2.24) is 28.9 Å². The number of carbonyl (C=O) groups is 2. The largest absolute Gasteiger partial charge is 0.347 e. The maximum absolute atomic E-state index is 13.8. The fraction of sp³-hybridized carbons (Fsp3) is 0.172. The summed E-state index contributed by atoms with van der Waals surface area (Å²) in [6, 6.07) is 20.0. The Balaban J connectivity index is 1.42. The summed E-state index contributed by atoms with van der Waals surface area (Å²) in [4.78, 5) is 47.0. The molecule has 0 fully saturated rings. The van der Waals surface area contributed by atoms with Crippen LogP contribution in [0.4, 0.5) is 0 Å². The smallest absolute Gasteiger partial charge is 0.333 e. The van der Waals surface area contributed by atoms with Crippen molar-refractivity contribution in [3.8, 4) is 5.69 Å². The first-order valence-electron chi connectivity index (χ1n) is 12.6. The quantitative estimate of drug-likeness (QED) is 0.313. The van der Waals surface area contributed by atoms with Crippen LogP contribution in [0.3, 0.4) is 0 Å². The Labute approximate surface area is 242 Å². The zero-order valence-corrected chi connectivity index (χ0v) is 23.8. The number of nitrogens with one attached hydrogen (secondary N) is 1. The van der Waals surface area contributed by atoms with Gasteiger partial charge in [-0.2, -0.15) is 0 Å². The van der Waals surface area contributed by atoms with E-state index in [1.165, 1.54) is 4.57 Å². The minimum atomic E-state index is -0.406. The van der Waals surface area contributed by atoms with Crippen LogP contribution in [0.15, 0.2) is 82.3 Å². The highest BCUT2D eigenvalue weighted by atomic mass is 79.9. The van der Waals surface area contributed by atoms with Crippen molar-refractivity contribution in [3.05, 3.63) is 116 Å². The summed E-state index contributed by atoms with van der Waals surface area (Å²) in [5.74, 6) is -0.636. The van der Waals surface area contributed by atoms with Crippen LogP contribution in [-0.2, 0) is 26.7 Å². The zero-order chi connectivity index (χ0) is 28.0. The first-order chi connectivity index (χ1) is 19.3. The van der Waals surface area contributed by atoms with Crippen LogP contribution in [0.5, 0.6) is 0 Å². The second kappa shape index (κ2) is 10.4.